The summed E-state index contributed by atoms with van der Waals surface area (Å²) in [5, 5.41) is 6.70. The van der Waals surface area contributed by atoms with E-state index in [1.54, 1.807) is 0 Å². The first-order valence-electron chi connectivity index (χ1n) is 6.84. The van der Waals surface area contributed by atoms with Crippen LogP contribution in [0.2, 0.25) is 5.02 Å². The molecule has 1 atom stereocenters. The van der Waals surface area contributed by atoms with Gasteiger partial charge in [0.1, 0.15) is 0 Å². The minimum absolute atomic E-state index is 0.188. The predicted molar refractivity (Wildman–Crippen MR) is 95.1 cm³/mol. The Bertz CT molecular complexity index is 785. The maximum Gasteiger partial charge on any atom is 0.0648 e. The molecule has 0 fully saturated rings. The predicted octanol–water partition coefficient (Wildman–Crippen LogP) is 6.43. The minimum Gasteiger partial charge on any atom is -0.377 e. The van der Waals surface area contributed by atoms with Crippen LogP contribution < -0.4 is 5.32 Å². The smallest absolute Gasteiger partial charge is 0.0648 e. The van der Waals surface area contributed by atoms with Crippen molar-refractivity contribution in [3.05, 3.63) is 75.7 Å². The molecule has 0 saturated heterocycles. The average molecular weight is 361 g/mol. The summed E-state index contributed by atoms with van der Waals surface area (Å²) in [6.07, 6.45) is 0. The highest BCUT2D eigenvalue weighted by Crippen LogP contribution is 2.29. The van der Waals surface area contributed by atoms with Gasteiger partial charge in [-0.1, -0.05) is 63.9 Å². The Kier molecular flexibility index (Phi) is 4.18. The number of hydrogen-bond donors (Lipinski definition) is 1. The van der Waals surface area contributed by atoms with Gasteiger partial charge in [0.05, 0.1) is 10.7 Å². The summed E-state index contributed by atoms with van der Waals surface area (Å²) in [5.74, 6) is 0. The molecule has 3 aromatic rings. The monoisotopic (exact) mass is 359 g/mol. The van der Waals surface area contributed by atoms with Crippen molar-refractivity contribution in [2.24, 2.45) is 0 Å². The van der Waals surface area contributed by atoms with Crippen molar-refractivity contribution in [3.8, 4) is 0 Å². The molecule has 106 valence electrons. The van der Waals surface area contributed by atoms with Crippen LogP contribution in [0.15, 0.2) is 65.1 Å². The third-order valence-corrected chi connectivity index (χ3v) is 4.38. The highest BCUT2D eigenvalue weighted by Gasteiger charge is 2.08. The van der Waals surface area contributed by atoms with E-state index in [0.29, 0.717) is 0 Å². The van der Waals surface area contributed by atoms with Gasteiger partial charge in [0, 0.05) is 10.5 Å². The van der Waals surface area contributed by atoms with Crippen LogP contribution in [-0.2, 0) is 0 Å². The van der Waals surface area contributed by atoms with Gasteiger partial charge in [0.25, 0.3) is 0 Å². The van der Waals surface area contributed by atoms with E-state index in [1.807, 2.05) is 18.2 Å². The lowest BCUT2D eigenvalue weighted by molar-refractivity contribution is 0.887. The zero-order chi connectivity index (χ0) is 14.8. The molecule has 0 aliphatic carbocycles. The van der Waals surface area contributed by atoms with Crippen LogP contribution in [0.1, 0.15) is 18.5 Å². The van der Waals surface area contributed by atoms with Crippen LogP contribution in [0.4, 0.5) is 5.69 Å². The van der Waals surface area contributed by atoms with E-state index in [1.165, 1.54) is 16.3 Å². The van der Waals surface area contributed by atoms with Crippen molar-refractivity contribution in [1.29, 1.82) is 0 Å². The lowest BCUT2D eigenvalue weighted by Gasteiger charge is -2.17. The lowest BCUT2D eigenvalue weighted by atomic mass is 10.0. The summed E-state index contributed by atoms with van der Waals surface area (Å²) < 4.78 is 0.983. The van der Waals surface area contributed by atoms with Crippen LogP contribution in [-0.4, -0.2) is 0 Å². The van der Waals surface area contributed by atoms with Crippen molar-refractivity contribution < 1.29 is 0 Å². The molecular weight excluding hydrogens is 346 g/mol. The van der Waals surface area contributed by atoms with E-state index in [9.17, 15) is 0 Å². The number of rotatable bonds is 3. The molecule has 0 saturated carbocycles. The molecular formula is C18H15BrClN. The molecule has 0 aromatic heterocycles. The Labute approximate surface area is 138 Å². The molecule has 0 heterocycles. The van der Waals surface area contributed by atoms with Gasteiger partial charge in [0.2, 0.25) is 0 Å². The van der Waals surface area contributed by atoms with Crippen molar-refractivity contribution in [3.63, 3.8) is 0 Å². The number of halogens is 2. The van der Waals surface area contributed by atoms with Crippen LogP contribution in [0.25, 0.3) is 10.8 Å². The van der Waals surface area contributed by atoms with Crippen molar-refractivity contribution in [1.82, 2.24) is 0 Å². The van der Waals surface area contributed by atoms with Gasteiger partial charge in [-0.05, 0) is 47.5 Å². The summed E-state index contributed by atoms with van der Waals surface area (Å²) in [4.78, 5) is 0. The fraction of sp³-hybridized carbons (Fsp3) is 0.111. The van der Waals surface area contributed by atoms with Crippen LogP contribution in [0, 0.1) is 0 Å². The largest absolute Gasteiger partial charge is 0.377 e. The first-order chi connectivity index (χ1) is 10.1. The summed E-state index contributed by atoms with van der Waals surface area (Å²) in [6.45, 7) is 2.14. The molecule has 0 aliphatic rings. The van der Waals surface area contributed by atoms with Gasteiger partial charge in [-0.3, -0.25) is 0 Å². The van der Waals surface area contributed by atoms with E-state index in [2.05, 4.69) is 70.6 Å². The number of hydrogen-bond acceptors (Lipinski definition) is 1. The second-order valence-electron chi connectivity index (χ2n) is 5.10. The molecule has 0 bridgehead atoms. The molecule has 1 unspecified atom stereocenters. The molecule has 0 radical (unpaired) electrons. The van der Waals surface area contributed by atoms with E-state index < -0.39 is 0 Å². The van der Waals surface area contributed by atoms with Crippen molar-refractivity contribution in [2.75, 3.05) is 5.32 Å². The summed E-state index contributed by atoms with van der Waals surface area (Å²) >= 11 is 9.69. The number of benzene rings is 3. The molecule has 0 spiro atoms. The maximum atomic E-state index is 6.26. The van der Waals surface area contributed by atoms with Gasteiger partial charge in [-0.15, -0.1) is 0 Å². The Morgan fingerprint density at radius 3 is 2.48 bits per heavy atom. The fourth-order valence-electron chi connectivity index (χ4n) is 2.40. The summed E-state index contributed by atoms with van der Waals surface area (Å²) in [7, 11) is 0. The Morgan fingerprint density at radius 2 is 1.71 bits per heavy atom. The molecule has 1 nitrogen and oxygen atoms in total. The van der Waals surface area contributed by atoms with Gasteiger partial charge < -0.3 is 5.32 Å². The average Bonchev–Trinajstić information content (AvgIpc) is 2.49. The minimum atomic E-state index is 0.188. The second-order valence-corrected chi connectivity index (χ2v) is 6.42. The molecule has 0 amide bonds. The first kappa shape index (κ1) is 14.4. The summed E-state index contributed by atoms with van der Waals surface area (Å²) in [5.41, 5.74) is 2.19. The van der Waals surface area contributed by atoms with E-state index in [0.717, 1.165) is 15.2 Å². The van der Waals surface area contributed by atoms with Crippen LogP contribution in [0.5, 0.6) is 0 Å². The number of fused-ring (bicyclic) bond motifs is 1. The number of nitrogens with one attached hydrogen (secondary N) is 1. The molecule has 3 heteroatoms. The van der Waals surface area contributed by atoms with Crippen molar-refractivity contribution >= 4 is 44.0 Å². The third kappa shape index (κ3) is 3.22. The Balaban J connectivity index is 1.87. The Hall–Kier alpha value is -1.51. The van der Waals surface area contributed by atoms with Gasteiger partial charge in [0.15, 0.2) is 0 Å². The molecule has 21 heavy (non-hydrogen) atoms. The third-order valence-electron chi connectivity index (χ3n) is 3.58. The lowest BCUT2D eigenvalue weighted by Crippen LogP contribution is -2.06. The van der Waals surface area contributed by atoms with E-state index >= 15 is 0 Å². The zero-order valence-electron chi connectivity index (χ0n) is 11.6. The topological polar surface area (TPSA) is 12.0 Å². The zero-order valence-corrected chi connectivity index (χ0v) is 13.9. The Morgan fingerprint density at radius 1 is 0.952 bits per heavy atom. The molecule has 3 aromatic carbocycles. The summed E-state index contributed by atoms with van der Waals surface area (Å²) in [6, 6.07) is 21.0. The van der Waals surface area contributed by atoms with Gasteiger partial charge in [-0.2, -0.15) is 0 Å². The molecule has 1 N–H and O–H groups in total. The van der Waals surface area contributed by atoms with Crippen LogP contribution in [0.3, 0.4) is 0 Å². The van der Waals surface area contributed by atoms with Gasteiger partial charge in [-0.25, -0.2) is 0 Å². The maximum absolute atomic E-state index is 6.26. The molecule has 0 aliphatic heterocycles. The first-order valence-corrected chi connectivity index (χ1v) is 8.01. The highest BCUT2D eigenvalue weighted by molar-refractivity contribution is 9.10. The van der Waals surface area contributed by atoms with E-state index in [4.69, 9.17) is 11.6 Å². The fourth-order valence-corrected chi connectivity index (χ4v) is 3.13. The number of anilines is 1. The molecule has 3 rings (SSSR count). The van der Waals surface area contributed by atoms with Gasteiger partial charge >= 0.3 is 0 Å². The SMILES string of the molecule is CC(Nc1ccc(Br)cc1Cl)c1ccc2ccccc2c1. The van der Waals surface area contributed by atoms with E-state index in [-0.39, 0.29) is 6.04 Å². The normalized spacial score (nSPS) is 12.3. The highest BCUT2D eigenvalue weighted by atomic mass is 79.9. The van der Waals surface area contributed by atoms with Crippen molar-refractivity contribution in [2.45, 2.75) is 13.0 Å². The van der Waals surface area contributed by atoms with Crippen LogP contribution >= 0.6 is 27.5 Å². The quantitative estimate of drug-likeness (QED) is 0.567. The standard InChI is InChI=1S/C18H15BrClN/c1-12(21-18-9-8-16(19)11-17(18)20)14-7-6-13-4-2-3-5-15(13)10-14/h2-12,21H,1H3. The second kappa shape index (κ2) is 6.08.